The molecule has 4 nitrogen and oxygen atoms in total. The first kappa shape index (κ1) is 11.9. The van der Waals surface area contributed by atoms with Crippen LogP contribution in [0, 0.1) is 11.3 Å². The van der Waals surface area contributed by atoms with Crippen LogP contribution in [0.25, 0.3) is 0 Å². The summed E-state index contributed by atoms with van der Waals surface area (Å²) in [6.45, 7) is 5.81. The minimum Gasteiger partial charge on any atom is -0.381 e. The van der Waals surface area contributed by atoms with Gasteiger partial charge in [0.25, 0.3) is 0 Å². The van der Waals surface area contributed by atoms with Gasteiger partial charge in [-0.05, 0) is 25.2 Å². The zero-order valence-corrected chi connectivity index (χ0v) is 10.1. The van der Waals surface area contributed by atoms with Gasteiger partial charge in [-0.3, -0.25) is 4.79 Å². The van der Waals surface area contributed by atoms with Crippen molar-refractivity contribution in [3.05, 3.63) is 0 Å². The fourth-order valence-corrected chi connectivity index (χ4v) is 2.72. The maximum atomic E-state index is 12.5. The Morgan fingerprint density at radius 2 is 2.19 bits per heavy atom. The molecule has 0 aromatic carbocycles. The van der Waals surface area contributed by atoms with Gasteiger partial charge in [0.2, 0.25) is 5.91 Å². The van der Waals surface area contributed by atoms with Crippen molar-refractivity contribution in [1.29, 1.82) is 0 Å². The first-order chi connectivity index (χ1) is 7.68. The van der Waals surface area contributed by atoms with E-state index in [1.807, 2.05) is 4.90 Å². The minimum atomic E-state index is -0.331. The van der Waals surface area contributed by atoms with Gasteiger partial charge in [0.15, 0.2) is 0 Å². The van der Waals surface area contributed by atoms with Crippen molar-refractivity contribution in [1.82, 2.24) is 4.90 Å². The normalized spacial score (nSPS) is 29.4. The topological polar surface area (TPSA) is 55.6 Å². The first-order valence-corrected chi connectivity index (χ1v) is 6.25. The maximum Gasteiger partial charge on any atom is 0.230 e. The van der Waals surface area contributed by atoms with Crippen molar-refractivity contribution in [2.45, 2.75) is 26.2 Å². The van der Waals surface area contributed by atoms with E-state index in [1.165, 1.54) is 0 Å². The number of carbonyl (C=O) groups excluding carboxylic acids is 1. The standard InChI is InChI=1S/C12H22N2O2/c1-10-2-5-14(8-10)11(15)12(9-13)3-6-16-7-4-12/h10H,2-9,13H2,1H3. The summed E-state index contributed by atoms with van der Waals surface area (Å²) in [5.74, 6) is 0.904. The van der Waals surface area contributed by atoms with Gasteiger partial charge >= 0.3 is 0 Å². The van der Waals surface area contributed by atoms with E-state index in [1.54, 1.807) is 0 Å². The molecular weight excluding hydrogens is 204 g/mol. The van der Waals surface area contributed by atoms with E-state index in [-0.39, 0.29) is 11.3 Å². The summed E-state index contributed by atoms with van der Waals surface area (Å²) in [7, 11) is 0. The molecule has 4 heteroatoms. The smallest absolute Gasteiger partial charge is 0.230 e. The average molecular weight is 226 g/mol. The van der Waals surface area contributed by atoms with Crippen LogP contribution >= 0.6 is 0 Å². The number of hydrogen-bond acceptors (Lipinski definition) is 3. The van der Waals surface area contributed by atoms with Crippen molar-refractivity contribution < 1.29 is 9.53 Å². The van der Waals surface area contributed by atoms with E-state index in [2.05, 4.69) is 6.92 Å². The van der Waals surface area contributed by atoms with Crippen LogP contribution in [0.1, 0.15) is 26.2 Å². The molecule has 92 valence electrons. The predicted octanol–water partition coefficient (Wildman–Crippen LogP) is 0.610. The molecule has 2 aliphatic heterocycles. The fourth-order valence-electron chi connectivity index (χ4n) is 2.72. The lowest BCUT2D eigenvalue weighted by Crippen LogP contribution is -2.50. The van der Waals surface area contributed by atoms with Crippen LogP contribution in [-0.2, 0) is 9.53 Å². The lowest BCUT2D eigenvalue weighted by atomic mass is 9.79. The predicted molar refractivity (Wildman–Crippen MR) is 61.9 cm³/mol. The molecule has 0 aliphatic carbocycles. The number of rotatable bonds is 2. The molecule has 0 spiro atoms. The van der Waals surface area contributed by atoms with Gasteiger partial charge in [0, 0.05) is 32.8 Å². The molecule has 2 saturated heterocycles. The molecule has 0 bridgehead atoms. The molecule has 1 amide bonds. The van der Waals surface area contributed by atoms with Crippen LogP contribution in [0.4, 0.5) is 0 Å². The second-order valence-electron chi connectivity index (χ2n) is 5.24. The van der Waals surface area contributed by atoms with E-state index in [9.17, 15) is 4.79 Å². The number of carbonyl (C=O) groups is 1. The SMILES string of the molecule is CC1CCN(C(=O)C2(CN)CCOCC2)C1. The Morgan fingerprint density at radius 3 is 2.69 bits per heavy atom. The molecule has 2 N–H and O–H groups in total. The lowest BCUT2D eigenvalue weighted by molar-refractivity contribution is -0.146. The van der Waals surface area contributed by atoms with Crippen LogP contribution in [0.15, 0.2) is 0 Å². The van der Waals surface area contributed by atoms with Gasteiger partial charge in [0.1, 0.15) is 0 Å². The Labute approximate surface area is 97.1 Å². The van der Waals surface area contributed by atoms with Gasteiger partial charge < -0.3 is 15.4 Å². The number of amides is 1. The quantitative estimate of drug-likeness (QED) is 0.750. The molecule has 2 heterocycles. The van der Waals surface area contributed by atoms with Gasteiger partial charge in [-0.2, -0.15) is 0 Å². The molecule has 2 rings (SSSR count). The molecule has 2 aliphatic rings. The van der Waals surface area contributed by atoms with Gasteiger partial charge in [-0.25, -0.2) is 0 Å². The van der Waals surface area contributed by atoms with Crippen molar-refractivity contribution in [3.63, 3.8) is 0 Å². The van der Waals surface area contributed by atoms with E-state index < -0.39 is 0 Å². The fraction of sp³-hybridized carbons (Fsp3) is 0.917. The highest BCUT2D eigenvalue weighted by atomic mass is 16.5. The molecular formula is C12H22N2O2. The highest BCUT2D eigenvalue weighted by molar-refractivity contribution is 5.83. The Kier molecular flexibility index (Phi) is 3.50. The van der Waals surface area contributed by atoms with Crippen LogP contribution in [-0.4, -0.2) is 43.7 Å². The Bertz CT molecular complexity index is 262. The van der Waals surface area contributed by atoms with Crippen LogP contribution in [0.3, 0.4) is 0 Å². The second kappa shape index (κ2) is 4.72. The third kappa shape index (κ3) is 2.09. The van der Waals surface area contributed by atoms with Gasteiger partial charge in [-0.1, -0.05) is 6.92 Å². The number of hydrogen-bond donors (Lipinski definition) is 1. The van der Waals surface area contributed by atoms with E-state index in [0.717, 1.165) is 32.4 Å². The van der Waals surface area contributed by atoms with Crippen LogP contribution < -0.4 is 5.73 Å². The van der Waals surface area contributed by atoms with Gasteiger partial charge in [-0.15, -0.1) is 0 Å². The number of nitrogens with two attached hydrogens (primary N) is 1. The maximum absolute atomic E-state index is 12.5. The Morgan fingerprint density at radius 1 is 1.50 bits per heavy atom. The van der Waals surface area contributed by atoms with E-state index >= 15 is 0 Å². The average Bonchev–Trinajstić information content (AvgIpc) is 2.76. The van der Waals surface area contributed by atoms with Crippen molar-refractivity contribution in [2.75, 3.05) is 32.8 Å². The van der Waals surface area contributed by atoms with Gasteiger partial charge in [0.05, 0.1) is 5.41 Å². The summed E-state index contributed by atoms with van der Waals surface area (Å²) in [4.78, 5) is 14.5. The van der Waals surface area contributed by atoms with Crippen molar-refractivity contribution in [2.24, 2.45) is 17.1 Å². The highest BCUT2D eigenvalue weighted by Gasteiger charge is 2.42. The third-order valence-electron chi connectivity index (χ3n) is 4.01. The highest BCUT2D eigenvalue weighted by Crippen LogP contribution is 2.33. The summed E-state index contributed by atoms with van der Waals surface area (Å²) in [5.41, 5.74) is 5.51. The Balaban J connectivity index is 2.05. The number of likely N-dealkylation sites (tertiary alicyclic amines) is 1. The summed E-state index contributed by atoms with van der Waals surface area (Å²) < 4.78 is 5.33. The summed E-state index contributed by atoms with van der Waals surface area (Å²) in [5, 5.41) is 0. The van der Waals surface area contributed by atoms with E-state index in [4.69, 9.17) is 10.5 Å². The third-order valence-corrected chi connectivity index (χ3v) is 4.01. The summed E-state index contributed by atoms with van der Waals surface area (Å²) in [6.07, 6.45) is 2.70. The summed E-state index contributed by atoms with van der Waals surface area (Å²) in [6, 6.07) is 0. The molecule has 1 atom stereocenters. The first-order valence-electron chi connectivity index (χ1n) is 6.25. The van der Waals surface area contributed by atoms with E-state index in [0.29, 0.717) is 25.7 Å². The zero-order chi connectivity index (χ0) is 11.6. The minimum absolute atomic E-state index is 0.266. The molecule has 16 heavy (non-hydrogen) atoms. The molecule has 0 aromatic rings. The monoisotopic (exact) mass is 226 g/mol. The van der Waals surface area contributed by atoms with Crippen LogP contribution in [0.2, 0.25) is 0 Å². The number of ether oxygens (including phenoxy) is 1. The van der Waals surface area contributed by atoms with Crippen molar-refractivity contribution in [3.8, 4) is 0 Å². The molecule has 0 radical (unpaired) electrons. The summed E-state index contributed by atoms with van der Waals surface area (Å²) >= 11 is 0. The molecule has 1 unspecified atom stereocenters. The van der Waals surface area contributed by atoms with Crippen molar-refractivity contribution >= 4 is 5.91 Å². The lowest BCUT2D eigenvalue weighted by Gasteiger charge is -2.37. The molecule has 0 saturated carbocycles. The molecule has 2 fully saturated rings. The largest absolute Gasteiger partial charge is 0.381 e. The van der Waals surface area contributed by atoms with Crippen LogP contribution in [0.5, 0.6) is 0 Å². The molecule has 0 aromatic heterocycles. The number of nitrogens with zero attached hydrogens (tertiary/aromatic N) is 1. The Hall–Kier alpha value is -0.610. The zero-order valence-electron chi connectivity index (χ0n) is 10.1. The second-order valence-corrected chi connectivity index (χ2v) is 5.24.